The molecule has 0 heterocycles. The van der Waals surface area contributed by atoms with Gasteiger partial charge in [-0.1, -0.05) is 0 Å². The van der Waals surface area contributed by atoms with Crippen LogP contribution in [-0.2, 0) is 0 Å². The van der Waals surface area contributed by atoms with Gasteiger partial charge in [-0.2, -0.15) is 0 Å². The topological polar surface area (TPSA) is 0 Å². The molecule has 0 aliphatic heterocycles. The normalized spacial score (nSPS) is 17.0. The summed E-state index contributed by atoms with van der Waals surface area (Å²) < 4.78 is 340. The molecule has 0 radical (unpaired) electrons. The fourth-order valence-electron chi connectivity index (χ4n) is 3.17. The molecule has 0 N–H and O–H groups in total. The van der Waals surface area contributed by atoms with Crippen LogP contribution in [0.2, 0.25) is 16.1 Å². The summed E-state index contributed by atoms with van der Waals surface area (Å²) in [6.45, 7) is 0. The third-order valence-corrected chi connectivity index (χ3v) is 10.6. The third kappa shape index (κ3) is 7.05. The van der Waals surface area contributed by atoms with Crippen molar-refractivity contribution in [1.82, 2.24) is 0 Å². The Bertz CT molecular complexity index is 1020. The third-order valence-electron chi connectivity index (χ3n) is 6.06. The molecule has 0 bridgehead atoms. The fourth-order valence-corrected chi connectivity index (χ4v) is 6.57. The molecule has 0 aliphatic rings. The molecule has 0 nitrogen and oxygen atoms in total. The molecule has 0 aromatic carbocycles. The number of hydrogen-bond donors (Lipinski definition) is 0. The quantitative estimate of drug-likeness (QED) is 0.108. The second kappa shape index (κ2) is 12.6. The van der Waals surface area contributed by atoms with E-state index in [1.165, 1.54) is 0 Å². The fraction of sp³-hybridized carbons (Fsp3) is 1.00. The molecule has 278 valence electrons. The van der Waals surface area contributed by atoms with E-state index in [9.17, 15) is 114 Å². The maximum absolute atomic E-state index is 13.9. The van der Waals surface area contributed by atoms with E-state index in [-0.39, 0.29) is 0 Å². The molecular formula is C19H15AsF26. The van der Waals surface area contributed by atoms with E-state index in [1.54, 1.807) is 0 Å². The van der Waals surface area contributed by atoms with Crippen molar-refractivity contribution in [1.29, 1.82) is 0 Å². The molecule has 0 aromatic heterocycles. The molecule has 0 rings (SSSR count). The summed E-state index contributed by atoms with van der Waals surface area (Å²) in [5.74, 6) is -78.1. The van der Waals surface area contributed by atoms with Crippen LogP contribution < -0.4 is 0 Å². The Balaban J connectivity index is 5.78. The molecule has 0 amide bonds. The van der Waals surface area contributed by atoms with Crippen LogP contribution in [0.5, 0.6) is 0 Å². The molecule has 0 spiro atoms. The first kappa shape index (κ1) is 44.7. The van der Waals surface area contributed by atoms with Crippen molar-refractivity contribution < 1.29 is 114 Å². The van der Waals surface area contributed by atoms with Gasteiger partial charge in [-0.15, -0.1) is 0 Å². The van der Waals surface area contributed by atoms with E-state index in [0.29, 0.717) is 0 Å². The Morgan fingerprint density at radius 1 is 0.304 bits per heavy atom. The summed E-state index contributed by atoms with van der Waals surface area (Å²) in [7, 11) is 0. The van der Waals surface area contributed by atoms with Gasteiger partial charge in [0, 0.05) is 0 Å². The van der Waals surface area contributed by atoms with Crippen LogP contribution in [0.25, 0.3) is 0 Å². The summed E-state index contributed by atoms with van der Waals surface area (Å²) in [5, 5.41) is -1.89. The van der Waals surface area contributed by atoms with Crippen LogP contribution in [-0.4, -0.2) is 86.2 Å². The molecule has 0 fully saturated rings. The van der Waals surface area contributed by atoms with Gasteiger partial charge in [-0.3, -0.25) is 0 Å². The van der Waals surface area contributed by atoms with E-state index in [4.69, 9.17) is 0 Å². The molecule has 0 aromatic rings. The van der Waals surface area contributed by atoms with Crippen molar-refractivity contribution >= 4 is 14.7 Å². The molecule has 0 saturated heterocycles. The summed E-state index contributed by atoms with van der Waals surface area (Å²) in [4.78, 5) is 0. The van der Waals surface area contributed by atoms with Crippen LogP contribution in [0.3, 0.4) is 0 Å². The number of alkyl halides is 26. The molecular weight excluding hydrogens is 797 g/mol. The van der Waals surface area contributed by atoms with Gasteiger partial charge >= 0.3 is 242 Å². The van der Waals surface area contributed by atoms with Gasteiger partial charge in [0.25, 0.3) is 0 Å². The van der Waals surface area contributed by atoms with E-state index in [0.717, 1.165) is 5.71 Å². The van der Waals surface area contributed by atoms with E-state index in [2.05, 4.69) is 0 Å². The average Bonchev–Trinajstić information content (AvgIpc) is 2.81. The molecule has 0 aliphatic carbocycles. The summed E-state index contributed by atoms with van der Waals surface area (Å²) >= 11 is -3.11. The van der Waals surface area contributed by atoms with Gasteiger partial charge in [0.1, 0.15) is 0 Å². The van der Waals surface area contributed by atoms with Crippen LogP contribution >= 0.6 is 0 Å². The van der Waals surface area contributed by atoms with Crippen molar-refractivity contribution in [2.45, 2.75) is 113 Å². The number of halogens is 26. The monoisotopic (exact) mass is 812 g/mol. The first-order valence-corrected chi connectivity index (χ1v) is 15.7. The number of rotatable bonds is 16. The Labute approximate surface area is 243 Å². The van der Waals surface area contributed by atoms with Gasteiger partial charge in [-0.25, -0.2) is 0 Å². The zero-order valence-electron chi connectivity index (χ0n) is 21.5. The van der Waals surface area contributed by atoms with E-state index < -0.39 is 122 Å². The first-order chi connectivity index (χ1) is 19.6. The zero-order chi connectivity index (χ0) is 37.8. The molecule has 46 heavy (non-hydrogen) atoms. The summed E-state index contributed by atoms with van der Waals surface area (Å²) in [6.07, 6.45) is -23.3. The van der Waals surface area contributed by atoms with Crippen molar-refractivity contribution in [3.8, 4) is 0 Å². The van der Waals surface area contributed by atoms with Gasteiger partial charge in [0.15, 0.2) is 0 Å². The Hall–Kier alpha value is -1.26. The molecule has 27 heteroatoms. The van der Waals surface area contributed by atoms with Crippen molar-refractivity contribution in [2.24, 2.45) is 0 Å². The van der Waals surface area contributed by atoms with Crippen molar-refractivity contribution in [3.05, 3.63) is 0 Å². The second-order valence-electron chi connectivity index (χ2n) is 9.51. The van der Waals surface area contributed by atoms with Gasteiger partial charge < -0.3 is 0 Å². The van der Waals surface area contributed by atoms with Crippen LogP contribution in [0.1, 0.15) is 25.7 Å². The van der Waals surface area contributed by atoms with Crippen LogP contribution in [0, 0.1) is 0 Å². The first-order valence-electron chi connectivity index (χ1n) is 11.2. The average molecular weight is 812 g/mol. The summed E-state index contributed by atoms with van der Waals surface area (Å²) in [6, 6.07) is 0. The van der Waals surface area contributed by atoms with E-state index in [1.807, 2.05) is 0 Å². The minimum absolute atomic E-state index is 0.857. The predicted octanol–water partition coefficient (Wildman–Crippen LogP) is 11.1. The van der Waals surface area contributed by atoms with Crippen molar-refractivity contribution in [2.75, 3.05) is 0 Å². The predicted molar refractivity (Wildman–Crippen MR) is 101 cm³/mol. The second-order valence-corrected chi connectivity index (χ2v) is 15.0. The number of hydrogen-bond acceptors (Lipinski definition) is 0. The van der Waals surface area contributed by atoms with Gasteiger partial charge in [0.2, 0.25) is 0 Å². The molecule has 0 saturated carbocycles. The molecule has 1 atom stereocenters. The standard InChI is InChI=1S/C19H15AsF26/c1-20(7-3-5-9(23,24)11(27,28)16(37,38)18(41,42)43)6-2-4-8(21,22)10(25,26)12(29,30)13(31,32)14(33,34)15(35,36)17(39,40)19(44,45)46/h2-7H2,1H3. The van der Waals surface area contributed by atoms with Crippen molar-refractivity contribution in [3.63, 3.8) is 0 Å². The maximum atomic E-state index is 13.9. The van der Waals surface area contributed by atoms with Gasteiger partial charge in [0.05, 0.1) is 0 Å². The Morgan fingerprint density at radius 2 is 0.500 bits per heavy atom. The summed E-state index contributed by atoms with van der Waals surface area (Å²) in [5.41, 5.74) is 0.857. The minimum atomic E-state index is -8.81. The zero-order valence-corrected chi connectivity index (χ0v) is 23.4. The van der Waals surface area contributed by atoms with Gasteiger partial charge in [-0.05, 0) is 0 Å². The Morgan fingerprint density at radius 3 is 0.761 bits per heavy atom. The van der Waals surface area contributed by atoms with Crippen LogP contribution in [0.4, 0.5) is 114 Å². The van der Waals surface area contributed by atoms with E-state index >= 15 is 0 Å². The Kier molecular flexibility index (Phi) is 12.2. The molecule has 1 unspecified atom stereocenters. The SMILES string of the molecule is C[As](CCCC(F)(F)C(F)(F)C(F)(F)C(F)(F)F)CCCC(F)(F)C(F)(F)C(F)(F)C(F)(F)C(F)(F)C(F)(F)C(F)(F)C(F)(F)F. The van der Waals surface area contributed by atoms with Crippen LogP contribution in [0.15, 0.2) is 0 Å².